The van der Waals surface area contributed by atoms with Crippen LogP contribution in [0.3, 0.4) is 0 Å². The topological polar surface area (TPSA) is 65.5 Å². The fourth-order valence-electron chi connectivity index (χ4n) is 1.54. The van der Waals surface area contributed by atoms with Crippen LogP contribution in [0.1, 0.15) is 10.4 Å². The van der Waals surface area contributed by atoms with Gasteiger partial charge in [0.05, 0.1) is 12.2 Å². The molecule has 0 fully saturated rings. The van der Waals surface area contributed by atoms with Crippen LogP contribution in [0.15, 0.2) is 18.5 Å². The van der Waals surface area contributed by atoms with Gasteiger partial charge in [-0.1, -0.05) is 0 Å². The van der Waals surface area contributed by atoms with Gasteiger partial charge < -0.3 is 15.3 Å². The first-order valence-corrected chi connectivity index (χ1v) is 5.47. The number of carbonyl (C=O) groups excluding carboxylic acids is 1. The zero-order valence-corrected chi connectivity index (χ0v) is 10.2. The third-order valence-electron chi connectivity index (χ3n) is 2.35. The van der Waals surface area contributed by atoms with Crippen LogP contribution in [0.25, 0.3) is 0 Å². The molecular formula is C11H14F3N3O2. The standard InChI is InChI=1S/C11H14F3N3O2/c1-15-9-2-3-16-6-8(9)10(19)17(4-5-18)7-11(12,13)14/h2-3,6,18H,4-5,7H2,1H3,(H,15,16). The number of aliphatic hydroxyl groups excluding tert-OH is 1. The summed E-state index contributed by atoms with van der Waals surface area (Å²) in [5, 5.41) is 11.5. The third kappa shape index (κ3) is 4.40. The number of rotatable bonds is 5. The van der Waals surface area contributed by atoms with E-state index in [4.69, 9.17) is 5.11 Å². The van der Waals surface area contributed by atoms with Crippen LogP contribution in [0.2, 0.25) is 0 Å². The quantitative estimate of drug-likeness (QED) is 0.846. The second-order valence-electron chi connectivity index (χ2n) is 3.74. The van der Waals surface area contributed by atoms with E-state index in [1.165, 1.54) is 18.5 Å². The van der Waals surface area contributed by atoms with E-state index in [0.29, 0.717) is 10.6 Å². The van der Waals surface area contributed by atoms with Crippen molar-refractivity contribution in [2.24, 2.45) is 0 Å². The Morgan fingerprint density at radius 1 is 1.53 bits per heavy atom. The van der Waals surface area contributed by atoms with Gasteiger partial charge in [0.2, 0.25) is 0 Å². The van der Waals surface area contributed by atoms with E-state index in [1.807, 2.05) is 0 Å². The van der Waals surface area contributed by atoms with E-state index in [9.17, 15) is 18.0 Å². The number of halogens is 3. The Balaban J connectivity index is 2.99. The minimum atomic E-state index is -4.52. The van der Waals surface area contributed by atoms with Crippen LogP contribution >= 0.6 is 0 Å². The molecule has 1 amide bonds. The van der Waals surface area contributed by atoms with Crippen LogP contribution in [0, 0.1) is 0 Å². The predicted octanol–water partition coefficient (Wildman–Crippen LogP) is 1.12. The van der Waals surface area contributed by atoms with Gasteiger partial charge in [-0.3, -0.25) is 9.78 Å². The number of pyridine rings is 1. The average molecular weight is 277 g/mol. The van der Waals surface area contributed by atoms with Gasteiger partial charge in [-0.15, -0.1) is 0 Å². The van der Waals surface area contributed by atoms with Gasteiger partial charge in [-0.25, -0.2) is 0 Å². The Bertz CT molecular complexity index is 437. The lowest BCUT2D eigenvalue weighted by atomic mass is 10.2. The Morgan fingerprint density at radius 3 is 2.74 bits per heavy atom. The summed E-state index contributed by atoms with van der Waals surface area (Å²) in [7, 11) is 1.55. The van der Waals surface area contributed by atoms with Crippen molar-refractivity contribution >= 4 is 11.6 Å². The van der Waals surface area contributed by atoms with Crippen molar-refractivity contribution in [1.82, 2.24) is 9.88 Å². The summed E-state index contributed by atoms with van der Waals surface area (Å²) >= 11 is 0. The lowest BCUT2D eigenvalue weighted by Crippen LogP contribution is -2.40. The highest BCUT2D eigenvalue weighted by Crippen LogP contribution is 2.20. The molecule has 5 nitrogen and oxygen atoms in total. The molecule has 8 heteroatoms. The summed E-state index contributed by atoms with van der Waals surface area (Å²) in [6.45, 7) is -2.35. The number of aromatic nitrogens is 1. The summed E-state index contributed by atoms with van der Waals surface area (Å²) in [4.78, 5) is 16.3. The maximum Gasteiger partial charge on any atom is 0.406 e. The SMILES string of the molecule is CNc1ccncc1C(=O)N(CCO)CC(F)(F)F. The van der Waals surface area contributed by atoms with Gasteiger partial charge in [0.15, 0.2) is 0 Å². The molecule has 0 saturated carbocycles. The van der Waals surface area contributed by atoms with E-state index < -0.39 is 31.8 Å². The number of amides is 1. The van der Waals surface area contributed by atoms with Gasteiger partial charge in [0, 0.05) is 31.7 Å². The molecule has 19 heavy (non-hydrogen) atoms. The Labute approximate surface area is 108 Å². The Kier molecular flexibility index (Phi) is 5.11. The lowest BCUT2D eigenvalue weighted by molar-refractivity contribution is -0.141. The minimum absolute atomic E-state index is 0.0303. The van der Waals surface area contributed by atoms with E-state index in [-0.39, 0.29) is 5.56 Å². The van der Waals surface area contributed by atoms with Crippen molar-refractivity contribution in [2.45, 2.75) is 6.18 Å². The fraction of sp³-hybridized carbons (Fsp3) is 0.455. The number of nitrogens with one attached hydrogen (secondary N) is 1. The first kappa shape index (κ1) is 15.2. The molecule has 1 heterocycles. The maximum atomic E-state index is 12.4. The van der Waals surface area contributed by atoms with Crippen LogP contribution in [-0.4, -0.2) is 53.8 Å². The van der Waals surface area contributed by atoms with Gasteiger partial charge in [-0.05, 0) is 6.07 Å². The number of hydrogen-bond acceptors (Lipinski definition) is 4. The zero-order valence-electron chi connectivity index (χ0n) is 10.2. The lowest BCUT2D eigenvalue weighted by Gasteiger charge is -2.23. The van der Waals surface area contributed by atoms with E-state index in [2.05, 4.69) is 10.3 Å². The van der Waals surface area contributed by atoms with Crippen LogP contribution < -0.4 is 5.32 Å². The van der Waals surface area contributed by atoms with E-state index in [0.717, 1.165) is 0 Å². The maximum absolute atomic E-state index is 12.4. The van der Waals surface area contributed by atoms with Crippen molar-refractivity contribution in [2.75, 3.05) is 32.1 Å². The first-order valence-electron chi connectivity index (χ1n) is 5.47. The molecule has 1 aromatic heterocycles. The van der Waals surface area contributed by atoms with E-state index in [1.54, 1.807) is 7.05 Å². The zero-order chi connectivity index (χ0) is 14.5. The first-order chi connectivity index (χ1) is 8.89. The average Bonchev–Trinajstić information content (AvgIpc) is 2.36. The number of nitrogens with zero attached hydrogens (tertiary/aromatic N) is 2. The summed E-state index contributed by atoms with van der Waals surface area (Å²) in [6, 6.07) is 1.48. The van der Waals surface area contributed by atoms with Gasteiger partial charge in [-0.2, -0.15) is 13.2 Å². The molecule has 0 aliphatic heterocycles. The number of anilines is 1. The molecular weight excluding hydrogens is 263 g/mol. The molecule has 0 saturated heterocycles. The molecule has 1 aromatic rings. The molecule has 106 valence electrons. The number of hydrogen-bond donors (Lipinski definition) is 2. The van der Waals surface area contributed by atoms with Gasteiger partial charge in [0.25, 0.3) is 5.91 Å². The molecule has 0 aromatic carbocycles. The summed E-state index contributed by atoms with van der Waals surface area (Å²) < 4.78 is 37.1. The number of carbonyl (C=O) groups is 1. The van der Waals surface area contributed by atoms with Crippen molar-refractivity contribution in [1.29, 1.82) is 0 Å². The molecule has 2 N–H and O–H groups in total. The summed E-state index contributed by atoms with van der Waals surface area (Å²) in [5.74, 6) is -0.830. The smallest absolute Gasteiger partial charge is 0.395 e. The fourth-order valence-corrected chi connectivity index (χ4v) is 1.54. The number of aliphatic hydroxyl groups is 1. The highest BCUT2D eigenvalue weighted by molar-refractivity contribution is 5.99. The highest BCUT2D eigenvalue weighted by Gasteiger charge is 2.33. The number of alkyl halides is 3. The Morgan fingerprint density at radius 2 is 2.21 bits per heavy atom. The predicted molar refractivity (Wildman–Crippen MR) is 62.8 cm³/mol. The summed E-state index contributed by atoms with van der Waals surface area (Å²) in [6.07, 6.45) is -1.91. The second kappa shape index (κ2) is 6.37. The van der Waals surface area contributed by atoms with E-state index >= 15 is 0 Å². The molecule has 0 bridgehead atoms. The van der Waals surface area contributed by atoms with Crippen molar-refractivity contribution < 1.29 is 23.1 Å². The molecule has 0 atom stereocenters. The van der Waals surface area contributed by atoms with Gasteiger partial charge in [0.1, 0.15) is 6.54 Å². The van der Waals surface area contributed by atoms with Crippen molar-refractivity contribution in [3.63, 3.8) is 0 Å². The van der Waals surface area contributed by atoms with Gasteiger partial charge >= 0.3 is 6.18 Å². The normalized spacial score (nSPS) is 11.2. The molecule has 0 radical (unpaired) electrons. The highest BCUT2D eigenvalue weighted by atomic mass is 19.4. The molecule has 0 aliphatic rings. The second-order valence-corrected chi connectivity index (χ2v) is 3.74. The largest absolute Gasteiger partial charge is 0.406 e. The van der Waals surface area contributed by atoms with Crippen LogP contribution in [-0.2, 0) is 0 Å². The monoisotopic (exact) mass is 277 g/mol. The van der Waals surface area contributed by atoms with Crippen LogP contribution in [0.4, 0.5) is 18.9 Å². The van der Waals surface area contributed by atoms with Crippen molar-refractivity contribution in [3.8, 4) is 0 Å². The Hall–Kier alpha value is -1.83. The van der Waals surface area contributed by atoms with Crippen molar-refractivity contribution in [3.05, 3.63) is 24.0 Å². The minimum Gasteiger partial charge on any atom is -0.395 e. The summed E-state index contributed by atoms with van der Waals surface area (Å²) in [5.41, 5.74) is 0.410. The van der Waals surface area contributed by atoms with Crippen LogP contribution in [0.5, 0.6) is 0 Å². The third-order valence-corrected chi connectivity index (χ3v) is 2.35. The molecule has 0 spiro atoms. The molecule has 0 unspecified atom stereocenters. The molecule has 1 rings (SSSR count). The molecule has 0 aliphatic carbocycles.